The molecule has 0 amide bonds. The molecular weight excluding hydrogens is 435 g/mol. The minimum atomic E-state index is -0.391. The lowest BCUT2D eigenvalue weighted by molar-refractivity contribution is -0.113. The lowest BCUT2D eigenvalue weighted by Crippen LogP contribution is -2.47. The summed E-state index contributed by atoms with van der Waals surface area (Å²) in [5, 5.41) is 5.12. The number of nitrogens with one attached hydrogen (secondary N) is 1. The molecule has 1 N–H and O–H groups in total. The Labute approximate surface area is 190 Å². The molecule has 3 aromatic rings. The van der Waals surface area contributed by atoms with Gasteiger partial charge < -0.3 is 5.32 Å². The molecule has 1 atom stereocenters. The smallest absolute Gasteiger partial charge is 0.178 e. The highest BCUT2D eigenvalue weighted by Gasteiger charge is 2.35. The van der Waals surface area contributed by atoms with Gasteiger partial charge in [-0.2, -0.15) is 0 Å². The summed E-state index contributed by atoms with van der Waals surface area (Å²) in [5.74, 6) is -0.0455. The summed E-state index contributed by atoms with van der Waals surface area (Å²) in [6.45, 7) is 1.58. The third kappa shape index (κ3) is 3.99. The van der Waals surface area contributed by atoms with Crippen LogP contribution in [0.4, 0.5) is 5.69 Å². The minimum absolute atomic E-state index is 0.0455. The van der Waals surface area contributed by atoms with Crippen LogP contribution in [0, 0.1) is 0 Å². The molecule has 1 aliphatic heterocycles. The minimum Gasteiger partial charge on any atom is -0.351 e. The molecule has 0 aromatic heterocycles. The molecule has 6 heteroatoms. The van der Waals surface area contributed by atoms with Crippen molar-refractivity contribution in [1.82, 2.24) is 5.32 Å². The van der Waals surface area contributed by atoms with E-state index in [-0.39, 0.29) is 5.78 Å². The van der Waals surface area contributed by atoms with E-state index in [1.54, 1.807) is 6.92 Å². The maximum absolute atomic E-state index is 13.0. The Bertz CT molecular complexity index is 1130. The highest BCUT2D eigenvalue weighted by atomic mass is 35.5. The molecule has 1 unspecified atom stereocenters. The average Bonchev–Trinajstić information content (AvgIpc) is 2.74. The molecule has 1 aliphatic rings. The van der Waals surface area contributed by atoms with Crippen molar-refractivity contribution >= 4 is 57.7 Å². The van der Waals surface area contributed by atoms with Gasteiger partial charge in [0.1, 0.15) is 0 Å². The number of hydrogen-bond donors (Lipinski definition) is 1. The van der Waals surface area contributed by atoms with Crippen molar-refractivity contribution < 1.29 is 4.79 Å². The molecule has 0 spiro atoms. The number of rotatable bonds is 4. The van der Waals surface area contributed by atoms with Crippen molar-refractivity contribution in [3.05, 3.63) is 106 Å². The Morgan fingerprint density at radius 2 is 1.47 bits per heavy atom. The van der Waals surface area contributed by atoms with Gasteiger partial charge in [-0.15, -0.1) is 0 Å². The number of benzene rings is 3. The number of halogens is 2. The van der Waals surface area contributed by atoms with Crippen molar-refractivity contribution in [2.45, 2.75) is 13.0 Å². The first kappa shape index (κ1) is 20.6. The maximum atomic E-state index is 13.0. The predicted molar refractivity (Wildman–Crippen MR) is 128 cm³/mol. The lowest BCUT2D eigenvalue weighted by atomic mass is 9.89. The summed E-state index contributed by atoms with van der Waals surface area (Å²) in [7, 11) is 0. The summed E-state index contributed by atoms with van der Waals surface area (Å²) >= 11 is 18.0. The summed E-state index contributed by atoms with van der Waals surface area (Å²) < 4.78 is 0. The molecule has 3 nitrogen and oxygen atoms in total. The first-order chi connectivity index (χ1) is 14.5. The van der Waals surface area contributed by atoms with Crippen LogP contribution < -0.4 is 10.2 Å². The summed E-state index contributed by atoms with van der Waals surface area (Å²) in [5.41, 5.74) is 4.00. The van der Waals surface area contributed by atoms with Crippen LogP contribution in [0.25, 0.3) is 5.70 Å². The monoisotopic (exact) mass is 452 g/mol. The third-order valence-electron chi connectivity index (χ3n) is 4.95. The molecule has 3 aromatic carbocycles. The van der Waals surface area contributed by atoms with Gasteiger partial charge in [-0.25, -0.2) is 0 Å². The van der Waals surface area contributed by atoms with Gasteiger partial charge in [0.05, 0.1) is 11.7 Å². The van der Waals surface area contributed by atoms with Gasteiger partial charge in [-0.05, 0) is 66.7 Å². The molecule has 0 fully saturated rings. The number of carbonyl (C=O) groups is 1. The van der Waals surface area contributed by atoms with Gasteiger partial charge >= 0.3 is 0 Å². The van der Waals surface area contributed by atoms with Crippen LogP contribution in [0.3, 0.4) is 0 Å². The highest BCUT2D eigenvalue weighted by Crippen LogP contribution is 2.39. The van der Waals surface area contributed by atoms with Gasteiger partial charge in [0.15, 0.2) is 10.9 Å². The van der Waals surface area contributed by atoms with Crippen LogP contribution >= 0.6 is 35.4 Å². The summed E-state index contributed by atoms with van der Waals surface area (Å²) in [4.78, 5) is 14.9. The van der Waals surface area contributed by atoms with E-state index in [1.165, 1.54) is 0 Å². The lowest BCUT2D eigenvalue weighted by Gasteiger charge is -2.39. The van der Waals surface area contributed by atoms with E-state index in [1.807, 2.05) is 83.8 Å². The molecule has 0 bridgehead atoms. The second-order valence-corrected chi connectivity index (χ2v) is 8.19. The van der Waals surface area contributed by atoms with Crippen molar-refractivity contribution in [3.8, 4) is 0 Å². The highest BCUT2D eigenvalue weighted by molar-refractivity contribution is 7.80. The van der Waals surface area contributed by atoms with Crippen LogP contribution in [0.1, 0.15) is 24.1 Å². The first-order valence-electron chi connectivity index (χ1n) is 9.38. The molecule has 0 aliphatic carbocycles. The maximum Gasteiger partial charge on any atom is 0.178 e. The van der Waals surface area contributed by atoms with E-state index in [0.717, 1.165) is 22.5 Å². The first-order valence-corrected chi connectivity index (χ1v) is 10.5. The Balaban J connectivity index is 1.99. The number of ketones is 1. The van der Waals surface area contributed by atoms with E-state index < -0.39 is 6.04 Å². The molecule has 30 heavy (non-hydrogen) atoms. The van der Waals surface area contributed by atoms with Crippen LogP contribution in [0.15, 0.2) is 84.4 Å². The number of carbonyl (C=O) groups excluding carboxylic acids is 1. The Morgan fingerprint density at radius 3 is 2.03 bits per heavy atom. The molecular formula is C24H18Cl2N2OS. The predicted octanol–water partition coefficient (Wildman–Crippen LogP) is 6.43. The van der Waals surface area contributed by atoms with E-state index in [0.29, 0.717) is 20.7 Å². The Morgan fingerprint density at radius 1 is 0.900 bits per heavy atom. The van der Waals surface area contributed by atoms with Crippen LogP contribution in [-0.4, -0.2) is 10.9 Å². The van der Waals surface area contributed by atoms with Crippen LogP contribution in [0.5, 0.6) is 0 Å². The fraction of sp³-hybridized carbons (Fsp3) is 0.0833. The zero-order valence-corrected chi connectivity index (χ0v) is 18.4. The van der Waals surface area contributed by atoms with Gasteiger partial charge in [0, 0.05) is 21.3 Å². The van der Waals surface area contributed by atoms with Crippen molar-refractivity contribution in [3.63, 3.8) is 0 Å². The fourth-order valence-electron chi connectivity index (χ4n) is 3.61. The number of Topliss-reactive ketones (excluding diaryl/α,β-unsaturated/α-hetero) is 1. The molecule has 1 heterocycles. The molecule has 4 rings (SSSR count). The quantitative estimate of drug-likeness (QED) is 0.462. The van der Waals surface area contributed by atoms with Gasteiger partial charge in [-0.3, -0.25) is 9.69 Å². The van der Waals surface area contributed by atoms with Crippen LogP contribution in [0.2, 0.25) is 10.0 Å². The van der Waals surface area contributed by atoms with E-state index >= 15 is 0 Å². The van der Waals surface area contributed by atoms with Crippen LogP contribution in [-0.2, 0) is 4.79 Å². The molecule has 0 saturated heterocycles. The number of para-hydroxylation sites is 1. The molecule has 0 radical (unpaired) electrons. The largest absolute Gasteiger partial charge is 0.351 e. The zero-order valence-electron chi connectivity index (χ0n) is 16.1. The van der Waals surface area contributed by atoms with Gasteiger partial charge in [-0.1, -0.05) is 65.7 Å². The fourth-order valence-corrected chi connectivity index (χ4v) is 4.18. The normalized spacial score (nSPS) is 16.4. The van der Waals surface area contributed by atoms with Crippen molar-refractivity contribution in [2.75, 3.05) is 4.90 Å². The Kier molecular flexibility index (Phi) is 5.91. The summed E-state index contributed by atoms with van der Waals surface area (Å²) in [6.07, 6.45) is 0. The van der Waals surface area contributed by atoms with Crippen molar-refractivity contribution in [1.29, 1.82) is 0 Å². The number of anilines is 1. The Hall–Kier alpha value is -2.66. The number of hydrogen-bond acceptors (Lipinski definition) is 2. The van der Waals surface area contributed by atoms with E-state index in [2.05, 4.69) is 5.32 Å². The second-order valence-electron chi connectivity index (χ2n) is 6.93. The molecule has 150 valence electrons. The van der Waals surface area contributed by atoms with E-state index in [9.17, 15) is 4.79 Å². The van der Waals surface area contributed by atoms with Crippen molar-refractivity contribution in [2.24, 2.45) is 0 Å². The standard InChI is InChI=1S/C24H18Cl2N2OS/c1-15(29)21-22(16-7-11-18(25)12-8-16)27-24(30)28(20-5-3-2-4-6-20)23(21)17-9-13-19(26)14-10-17/h2-14,22H,1H3,(H,27,30). The number of nitrogens with zero attached hydrogens (tertiary/aromatic N) is 1. The second kappa shape index (κ2) is 8.60. The topological polar surface area (TPSA) is 32.3 Å². The van der Waals surface area contributed by atoms with E-state index in [4.69, 9.17) is 35.4 Å². The number of thiocarbonyl (C=S) groups is 1. The third-order valence-corrected chi connectivity index (χ3v) is 5.76. The average molecular weight is 453 g/mol. The molecule has 0 saturated carbocycles. The summed E-state index contributed by atoms with van der Waals surface area (Å²) in [6, 6.07) is 24.2. The van der Waals surface area contributed by atoms with Gasteiger partial charge in [0.2, 0.25) is 0 Å². The zero-order chi connectivity index (χ0) is 21.3. The SMILES string of the molecule is CC(=O)C1=C(c2ccc(Cl)cc2)N(c2ccccc2)C(=S)NC1c1ccc(Cl)cc1. The van der Waals surface area contributed by atoms with Gasteiger partial charge in [0.25, 0.3) is 0 Å².